The molecule has 1 atom stereocenters. The van der Waals surface area contributed by atoms with E-state index in [4.69, 9.17) is 4.84 Å². The Kier molecular flexibility index (Phi) is 4.70. The zero-order valence-corrected chi connectivity index (χ0v) is 14.3. The number of oxime groups is 1. The largest absolute Gasteiger partial charge is 0.390 e. The lowest BCUT2D eigenvalue weighted by atomic mass is 9.94. The molecule has 6 nitrogen and oxygen atoms in total. The highest BCUT2D eigenvalue weighted by Gasteiger charge is 2.31. The van der Waals surface area contributed by atoms with Crippen LogP contribution >= 0.6 is 0 Å². The molecule has 0 bridgehead atoms. The highest BCUT2D eigenvalue weighted by atomic mass is 32.2. The quantitative estimate of drug-likeness (QED) is 0.860. The maximum atomic E-state index is 12.2. The lowest BCUT2D eigenvalue weighted by Gasteiger charge is -2.33. The van der Waals surface area contributed by atoms with Crippen molar-refractivity contribution in [2.24, 2.45) is 5.16 Å². The zero-order valence-electron chi connectivity index (χ0n) is 13.5. The van der Waals surface area contributed by atoms with Crippen LogP contribution in [-0.2, 0) is 15.0 Å². The molecule has 1 fully saturated rings. The maximum Gasteiger partial charge on any atom is 0.279 e. The number of rotatable bonds is 6. The molecule has 1 aliphatic carbocycles. The van der Waals surface area contributed by atoms with Crippen molar-refractivity contribution < 1.29 is 13.3 Å². The van der Waals surface area contributed by atoms with Crippen LogP contribution in [0.1, 0.15) is 36.8 Å². The molecule has 0 spiro atoms. The van der Waals surface area contributed by atoms with Gasteiger partial charge in [0, 0.05) is 19.5 Å². The summed E-state index contributed by atoms with van der Waals surface area (Å²) in [5, 5.41) is 4.09. The predicted octanol–water partition coefficient (Wildman–Crippen LogP) is 1.81. The van der Waals surface area contributed by atoms with E-state index in [1.54, 1.807) is 7.05 Å². The highest BCUT2D eigenvalue weighted by Crippen LogP contribution is 2.25. The molecule has 3 rings (SSSR count). The van der Waals surface area contributed by atoms with Crippen LogP contribution in [0.2, 0.25) is 0 Å². The van der Waals surface area contributed by atoms with E-state index in [9.17, 15) is 8.42 Å². The maximum absolute atomic E-state index is 12.2. The van der Waals surface area contributed by atoms with E-state index in [1.165, 1.54) is 9.87 Å². The molecule has 1 aliphatic heterocycles. The molecular formula is C16H23N3O3S. The Balaban J connectivity index is 1.52. The van der Waals surface area contributed by atoms with Crippen molar-refractivity contribution in [1.29, 1.82) is 0 Å². The molecule has 7 heteroatoms. The molecule has 0 amide bonds. The van der Waals surface area contributed by atoms with Crippen LogP contribution in [0.3, 0.4) is 0 Å². The summed E-state index contributed by atoms with van der Waals surface area (Å²) in [5.41, 5.74) is 3.07. The van der Waals surface area contributed by atoms with Gasteiger partial charge in [0.25, 0.3) is 10.2 Å². The van der Waals surface area contributed by atoms with Crippen molar-refractivity contribution in [2.45, 2.75) is 44.8 Å². The van der Waals surface area contributed by atoms with E-state index in [0.29, 0.717) is 6.42 Å². The molecule has 2 aliphatic rings. The second-order valence-electron chi connectivity index (χ2n) is 6.29. The Bertz CT molecular complexity index is 681. The normalized spacial score (nSPS) is 21.9. The predicted molar refractivity (Wildman–Crippen MR) is 89.5 cm³/mol. The minimum absolute atomic E-state index is 0.136. The number of nitrogens with zero attached hydrogens (tertiary/aromatic N) is 2. The first kappa shape index (κ1) is 16.4. The summed E-state index contributed by atoms with van der Waals surface area (Å²) in [7, 11) is -1.81. The van der Waals surface area contributed by atoms with E-state index in [0.717, 1.165) is 30.5 Å². The van der Waals surface area contributed by atoms with Crippen LogP contribution in [0.5, 0.6) is 0 Å². The van der Waals surface area contributed by atoms with Gasteiger partial charge in [0.05, 0.1) is 12.3 Å². The van der Waals surface area contributed by atoms with Gasteiger partial charge in [-0.15, -0.1) is 0 Å². The summed E-state index contributed by atoms with van der Waals surface area (Å²) in [6.07, 6.45) is 3.34. The smallest absolute Gasteiger partial charge is 0.279 e. The van der Waals surface area contributed by atoms with Crippen LogP contribution in [0.25, 0.3) is 0 Å². The molecule has 1 aromatic carbocycles. The fourth-order valence-electron chi connectivity index (χ4n) is 2.70. The van der Waals surface area contributed by atoms with E-state index in [2.05, 4.69) is 9.88 Å². The molecule has 1 unspecified atom stereocenters. The molecule has 23 heavy (non-hydrogen) atoms. The third kappa shape index (κ3) is 3.73. The van der Waals surface area contributed by atoms with Crippen LogP contribution in [-0.4, -0.2) is 44.2 Å². The van der Waals surface area contributed by atoms with Gasteiger partial charge in [-0.1, -0.05) is 41.4 Å². The van der Waals surface area contributed by atoms with E-state index < -0.39 is 10.2 Å². The molecular weight excluding hydrogens is 314 g/mol. The Morgan fingerprint density at radius 2 is 2.00 bits per heavy atom. The minimum atomic E-state index is -3.44. The Morgan fingerprint density at radius 1 is 1.30 bits per heavy atom. The van der Waals surface area contributed by atoms with Gasteiger partial charge in [-0.05, 0) is 25.3 Å². The van der Waals surface area contributed by atoms with Crippen LogP contribution in [0, 0.1) is 6.92 Å². The second kappa shape index (κ2) is 6.59. The number of benzene rings is 1. The summed E-state index contributed by atoms with van der Waals surface area (Å²) >= 11 is 0. The summed E-state index contributed by atoms with van der Waals surface area (Å²) < 4.78 is 28.5. The van der Waals surface area contributed by atoms with Gasteiger partial charge in [-0.3, -0.25) is 0 Å². The fourth-order valence-corrected chi connectivity index (χ4v) is 3.90. The van der Waals surface area contributed by atoms with Crippen molar-refractivity contribution in [3.8, 4) is 0 Å². The molecule has 0 saturated heterocycles. The topological polar surface area (TPSA) is 71.0 Å². The Hall–Kier alpha value is -1.44. The Labute approximate surface area is 137 Å². The number of hydrogen-bond donors (Lipinski definition) is 1. The summed E-state index contributed by atoms with van der Waals surface area (Å²) in [6.45, 7) is 2.27. The van der Waals surface area contributed by atoms with Crippen LogP contribution in [0.4, 0.5) is 0 Å². The molecule has 1 N–H and O–H groups in total. The molecule has 1 aromatic rings. The van der Waals surface area contributed by atoms with Gasteiger partial charge >= 0.3 is 0 Å². The SMILES string of the molecule is Cc1ccc(C2=NOC(CNS(=O)(=O)N(C)C3CCC3)C2)cc1. The lowest BCUT2D eigenvalue weighted by Crippen LogP contribution is -2.48. The van der Waals surface area contributed by atoms with Gasteiger partial charge in [0.1, 0.15) is 6.10 Å². The van der Waals surface area contributed by atoms with Crippen molar-refractivity contribution in [3.63, 3.8) is 0 Å². The lowest BCUT2D eigenvalue weighted by molar-refractivity contribution is 0.0885. The van der Waals surface area contributed by atoms with Crippen LogP contribution in [0.15, 0.2) is 29.4 Å². The fraction of sp³-hybridized carbons (Fsp3) is 0.562. The molecule has 0 aromatic heterocycles. The van der Waals surface area contributed by atoms with Crippen molar-refractivity contribution in [1.82, 2.24) is 9.03 Å². The first-order valence-corrected chi connectivity index (χ1v) is 9.42. The van der Waals surface area contributed by atoms with E-state index in [1.807, 2.05) is 31.2 Å². The summed E-state index contributed by atoms with van der Waals surface area (Å²) in [4.78, 5) is 5.37. The highest BCUT2D eigenvalue weighted by molar-refractivity contribution is 7.87. The first-order valence-electron chi connectivity index (χ1n) is 7.98. The average Bonchev–Trinajstić information content (AvgIpc) is 2.93. The van der Waals surface area contributed by atoms with Gasteiger partial charge in [0.15, 0.2) is 0 Å². The zero-order chi connectivity index (χ0) is 16.4. The van der Waals surface area contributed by atoms with Crippen molar-refractivity contribution in [2.75, 3.05) is 13.6 Å². The minimum Gasteiger partial charge on any atom is -0.390 e. The summed E-state index contributed by atoms with van der Waals surface area (Å²) in [5.74, 6) is 0. The molecule has 126 valence electrons. The van der Waals surface area contributed by atoms with Crippen molar-refractivity contribution >= 4 is 15.9 Å². The number of aryl methyl sites for hydroxylation is 1. The Morgan fingerprint density at radius 3 is 2.61 bits per heavy atom. The monoisotopic (exact) mass is 337 g/mol. The van der Waals surface area contributed by atoms with Gasteiger partial charge in [0.2, 0.25) is 0 Å². The molecule has 0 radical (unpaired) electrons. The van der Waals surface area contributed by atoms with E-state index in [-0.39, 0.29) is 18.7 Å². The van der Waals surface area contributed by atoms with Gasteiger partial charge in [-0.25, -0.2) is 0 Å². The standard InChI is InChI=1S/C16H23N3O3S/c1-12-6-8-13(9-7-12)16-10-15(22-18-16)11-17-23(20,21)19(2)14-4-3-5-14/h6-9,14-15,17H,3-5,10-11H2,1-2H3. The van der Waals surface area contributed by atoms with Crippen LogP contribution < -0.4 is 4.72 Å². The first-order chi connectivity index (χ1) is 11.0. The van der Waals surface area contributed by atoms with Crippen molar-refractivity contribution in [3.05, 3.63) is 35.4 Å². The molecule has 1 heterocycles. The third-order valence-electron chi connectivity index (χ3n) is 4.58. The van der Waals surface area contributed by atoms with Gasteiger partial charge < -0.3 is 4.84 Å². The average molecular weight is 337 g/mol. The number of hydrogen-bond acceptors (Lipinski definition) is 4. The second-order valence-corrected chi connectivity index (χ2v) is 8.10. The van der Waals surface area contributed by atoms with E-state index >= 15 is 0 Å². The summed E-state index contributed by atoms with van der Waals surface area (Å²) in [6, 6.07) is 8.21. The molecule has 1 saturated carbocycles. The number of nitrogens with one attached hydrogen (secondary N) is 1. The van der Waals surface area contributed by atoms with Gasteiger partial charge in [-0.2, -0.15) is 17.4 Å². The third-order valence-corrected chi connectivity index (χ3v) is 6.17.